The van der Waals surface area contributed by atoms with E-state index in [1.54, 1.807) is 0 Å². The largest absolute Gasteiger partial charge is 0.450 e. The number of carbonyl (C=O) groups is 1. The van der Waals surface area contributed by atoms with Gasteiger partial charge in [0.05, 0.1) is 5.69 Å². The first-order valence-electron chi connectivity index (χ1n) is 8.63. The monoisotopic (exact) mass is 354 g/mol. The first-order chi connectivity index (χ1) is 12.2. The highest BCUT2D eigenvalue weighted by Gasteiger charge is 2.29. The second-order valence-electron chi connectivity index (χ2n) is 5.97. The van der Waals surface area contributed by atoms with E-state index >= 15 is 0 Å². The van der Waals surface area contributed by atoms with Crippen LogP contribution in [0, 0.1) is 0 Å². The van der Waals surface area contributed by atoms with Gasteiger partial charge in [0.2, 0.25) is 5.78 Å². The smallest absolute Gasteiger partial charge is 0.249 e. The van der Waals surface area contributed by atoms with Crippen molar-refractivity contribution in [2.75, 3.05) is 30.0 Å². The van der Waals surface area contributed by atoms with E-state index in [0.717, 1.165) is 29.7 Å². The van der Waals surface area contributed by atoms with Crippen LogP contribution in [0.3, 0.4) is 0 Å². The molecule has 1 atom stereocenters. The average molecular weight is 354 g/mol. The van der Waals surface area contributed by atoms with Gasteiger partial charge in [0.1, 0.15) is 11.8 Å². The van der Waals surface area contributed by atoms with E-state index in [1.165, 1.54) is 4.90 Å². The van der Waals surface area contributed by atoms with Gasteiger partial charge >= 0.3 is 0 Å². The molecule has 0 bridgehead atoms. The van der Waals surface area contributed by atoms with Crippen molar-refractivity contribution in [1.82, 2.24) is 0 Å². The number of hydrogen-bond acceptors (Lipinski definition) is 3. The lowest BCUT2D eigenvalue weighted by atomic mass is 10.1. The number of Topliss-reactive ketones (excluding diaryl/α,β-unsaturated/α-hetero) is 1. The summed E-state index contributed by atoms with van der Waals surface area (Å²) in [6.45, 7) is 5.90. The molecule has 0 saturated heterocycles. The fourth-order valence-corrected chi connectivity index (χ4v) is 4.39. The molecule has 3 rings (SSSR count). The van der Waals surface area contributed by atoms with Crippen molar-refractivity contribution in [3.63, 3.8) is 0 Å². The molecule has 1 unspecified atom stereocenters. The van der Waals surface area contributed by atoms with Crippen LogP contribution >= 0.6 is 0 Å². The number of anilines is 1. The van der Waals surface area contributed by atoms with Crippen LogP contribution in [0.2, 0.25) is 0 Å². The van der Waals surface area contributed by atoms with Crippen LogP contribution in [-0.2, 0) is 10.9 Å². The second-order valence-corrected chi connectivity index (χ2v) is 8.00. The van der Waals surface area contributed by atoms with Gasteiger partial charge in [-0.25, -0.2) is 0 Å². The Hall–Kier alpha value is -2.20. The predicted molar refractivity (Wildman–Crippen MR) is 107 cm³/mol. The summed E-state index contributed by atoms with van der Waals surface area (Å²) >= 11 is 0. The maximum absolute atomic E-state index is 13.0. The van der Waals surface area contributed by atoms with Crippen LogP contribution in [0.1, 0.15) is 24.4 Å². The number of fused-ring (bicyclic) bond motifs is 1. The molecule has 0 amide bonds. The topological polar surface area (TPSA) is 33.5 Å². The van der Waals surface area contributed by atoms with Gasteiger partial charge in [-0.15, -0.1) is 0 Å². The summed E-state index contributed by atoms with van der Waals surface area (Å²) in [5, 5.41) is 1.02. The van der Waals surface area contributed by atoms with Gasteiger partial charge in [0.25, 0.3) is 0 Å². The molecule has 1 heterocycles. The minimum atomic E-state index is -0.139. The molecule has 0 saturated carbocycles. The number of hydrogen-bond donors (Lipinski definition) is 0. The third-order valence-electron chi connectivity index (χ3n) is 4.40. The molecule has 0 fully saturated rings. The Morgan fingerprint density at radius 1 is 1.00 bits per heavy atom. The Morgan fingerprint density at radius 3 is 2.32 bits per heavy atom. The summed E-state index contributed by atoms with van der Waals surface area (Å²) < 4.78 is 6.00. The molecule has 3 aromatic rings. The number of furan rings is 1. The molecule has 4 heteroatoms. The fraction of sp³-hybridized carbons (Fsp3) is 0.286. The number of rotatable bonds is 7. The first-order valence-corrected chi connectivity index (χ1v) is 10.4. The summed E-state index contributed by atoms with van der Waals surface area (Å²) in [6, 6.07) is 18.1. The van der Waals surface area contributed by atoms with Crippen molar-refractivity contribution in [1.29, 1.82) is 0 Å². The van der Waals surface area contributed by atoms with Crippen LogP contribution in [-0.4, -0.2) is 30.9 Å². The number of carbonyl (C=O) groups excluding carboxylic acids is 1. The predicted octanol–water partition coefficient (Wildman–Crippen LogP) is 4.77. The van der Waals surface area contributed by atoms with Crippen molar-refractivity contribution >= 4 is 33.3 Å². The van der Waals surface area contributed by atoms with E-state index in [9.17, 15) is 4.79 Å². The van der Waals surface area contributed by atoms with Gasteiger partial charge in [0.15, 0.2) is 16.4 Å². The van der Waals surface area contributed by atoms with E-state index in [-0.39, 0.29) is 16.7 Å². The van der Waals surface area contributed by atoms with Crippen molar-refractivity contribution in [3.8, 4) is 0 Å². The molecule has 1 aromatic heterocycles. The molecular formula is C21H24NO2S+. The summed E-state index contributed by atoms with van der Waals surface area (Å²) in [5.74, 6) is 1.05. The molecule has 2 aromatic carbocycles. The third-order valence-corrected chi connectivity index (χ3v) is 6.17. The normalized spacial score (nSPS) is 12.3. The van der Waals surface area contributed by atoms with E-state index in [4.69, 9.17) is 4.42 Å². The first kappa shape index (κ1) is 17.6. The Kier molecular flexibility index (Phi) is 5.49. The zero-order chi connectivity index (χ0) is 17.8. The van der Waals surface area contributed by atoms with Crippen LogP contribution in [0.5, 0.6) is 0 Å². The minimum absolute atomic E-state index is 0.0767. The number of para-hydroxylation sites is 1. The molecule has 0 aliphatic carbocycles. The van der Waals surface area contributed by atoms with Gasteiger partial charge < -0.3 is 9.32 Å². The van der Waals surface area contributed by atoms with E-state index < -0.39 is 0 Å². The Balaban J connectivity index is 1.97. The number of benzene rings is 2. The molecular weight excluding hydrogens is 330 g/mol. The summed E-state index contributed by atoms with van der Waals surface area (Å²) in [4.78, 5) is 16.5. The van der Waals surface area contributed by atoms with Crippen LogP contribution in [0.4, 0.5) is 5.69 Å². The van der Waals surface area contributed by atoms with Crippen molar-refractivity contribution in [2.24, 2.45) is 0 Å². The molecule has 0 aliphatic heterocycles. The lowest BCUT2D eigenvalue weighted by Gasteiger charge is -2.20. The van der Waals surface area contributed by atoms with Crippen LogP contribution in [0.25, 0.3) is 11.0 Å². The van der Waals surface area contributed by atoms with Gasteiger partial charge in [0, 0.05) is 29.4 Å². The van der Waals surface area contributed by atoms with Gasteiger partial charge in [-0.1, -0.05) is 30.3 Å². The van der Waals surface area contributed by atoms with Crippen molar-refractivity contribution in [2.45, 2.75) is 18.7 Å². The van der Waals surface area contributed by atoms with Gasteiger partial charge in [-0.2, -0.15) is 0 Å². The minimum Gasteiger partial charge on any atom is -0.450 e. The summed E-state index contributed by atoms with van der Waals surface area (Å²) in [5.41, 5.74) is 1.72. The molecule has 0 spiro atoms. The Bertz CT molecular complexity index is 853. The quantitative estimate of drug-likeness (QED) is 0.453. The Morgan fingerprint density at radius 2 is 1.64 bits per heavy atom. The lowest BCUT2D eigenvalue weighted by molar-refractivity contribution is 0.0994. The van der Waals surface area contributed by atoms with Crippen molar-refractivity contribution in [3.05, 3.63) is 60.4 Å². The number of ketones is 1. The molecule has 25 heavy (non-hydrogen) atoms. The van der Waals surface area contributed by atoms with Crippen molar-refractivity contribution < 1.29 is 9.21 Å². The molecule has 3 nitrogen and oxygen atoms in total. The molecule has 0 N–H and O–H groups in total. The fourth-order valence-electron chi connectivity index (χ4n) is 3.07. The van der Waals surface area contributed by atoms with Gasteiger partial charge in [-0.3, -0.25) is 4.79 Å². The maximum Gasteiger partial charge on any atom is 0.249 e. The molecule has 0 aliphatic rings. The molecule has 130 valence electrons. The third kappa shape index (κ3) is 3.59. The van der Waals surface area contributed by atoms with Gasteiger partial charge in [-0.05, 0) is 38.1 Å². The van der Waals surface area contributed by atoms with E-state index in [0.29, 0.717) is 11.5 Å². The zero-order valence-corrected chi connectivity index (χ0v) is 15.8. The lowest BCUT2D eigenvalue weighted by Crippen LogP contribution is -2.25. The highest BCUT2D eigenvalue weighted by molar-refractivity contribution is 7.96. The van der Waals surface area contributed by atoms with E-state index in [2.05, 4.69) is 37.1 Å². The highest BCUT2D eigenvalue weighted by atomic mass is 32.2. The second kappa shape index (κ2) is 7.79. The summed E-state index contributed by atoms with van der Waals surface area (Å²) in [6.07, 6.45) is 2.12. The SMILES string of the molecule is CCN(CC)c1c(C(=O)C[S+](C)c2ccccc2)oc2ccccc12. The average Bonchev–Trinajstić information content (AvgIpc) is 3.03. The number of nitrogens with zero attached hydrogens (tertiary/aromatic N) is 1. The van der Waals surface area contributed by atoms with E-state index in [1.807, 2.05) is 42.5 Å². The van der Waals surface area contributed by atoms with Crippen LogP contribution in [0.15, 0.2) is 63.9 Å². The zero-order valence-electron chi connectivity index (χ0n) is 15.0. The highest BCUT2D eigenvalue weighted by Crippen LogP contribution is 2.34. The molecule has 0 radical (unpaired) electrons. The maximum atomic E-state index is 13.0. The summed E-state index contributed by atoms with van der Waals surface area (Å²) in [7, 11) is -0.139. The Labute approximate surface area is 152 Å². The van der Waals surface area contributed by atoms with Crippen LogP contribution < -0.4 is 4.90 Å². The standard InChI is InChI=1S/C21H24NO2S/c1-4-22(5-2)20-17-13-9-10-14-19(17)24-21(20)18(23)15-25(3)16-11-7-6-8-12-16/h6-14H,4-5,15H2,1-3H3/q+1.